The highest BCUT2D eigenvalue weighted by Crippen LogP contribution is 2.09. The van der Waals surface area contributed by atoms with Crippen LogP contribution in [0.5, 0.6) is 0 Å². The average molecular weight is 509 g/mol. The highest BCUT2D eigenvalue weighted by Gasteiger charge is 2.18. The van der Waals surface area contributed by atoms with E-state index < -0.39 is 0 Å². The molecule has 1 aliphatic heterocycles. The van der Waals surface area contributed by atoms with E-state index in [4.69, 9.17) is 4.99 Å². The third-order valence-corrected chi connectivity index (χ3v) is 4.79. The predicted octanol–water partition coefficient (Wildman–Crippen LogP) is 2.01. The Morgan fingerprint density at radius 3 is 2.41 bits per heavy atom. The zero-order valence-electron chi connectivity index (χ0n) is 17.1. The van der Waals surface area contributed by atoms with Gasteiger partial charge in [-0.1, -0.05) is 30.3 Å². The number of guanidine groups is 1. The molecule has 158 valence electrons. The molecule has 0 amide bonds. The van der Waals surface area contributed by atoms with Gasteiger partial charge in [-0.15, -0.1) is 24.0 Å². The maximum Gasteiger partial charge on any atom is 0.225 e. The van der Waals surface area contributed by atoms with Crippen molar-refractivity contribution >= 4 is 35.9 Å². The lowest BCUT2D eigenvalue weighted by atomic mass is 10.1. The standard InChI is InChI=1S/C21H31N7.HI/c1-2-22-20(23-12-9-19-7-4-3-5-8-19)24-13-14-27-15-17-28(18-16-27)21-25-10-6-11-26-21;/h3-8,10-11H,2,9,12-18H2,1H3,(H2,22,23,24);1H. The number of anilines is 1. The van der Waals surface area contributed by atoms with Crippen LogP contribution in [0.2, 0.25) is 0 Å². The van der Waals surface area contributed by atoms with Crippen molar-refractivity contribution in [1.82, 2.24) is 25.5 Å². The lowest BCUT2D eigenvalue weighted by Gasteiger charge is -2.34. The Bertz CT molecular complexity index is 703. The van der Waals surface area contributed by atoms with Gasteiger partial charge >= 0.3 is 0 Å². The molecule has 8 heteroatoms. The molecule has 2 heterocycles. The Hall–Kier alpha value is -1.94. The number of benzene rings is 1. The summed E-state index contributed by atoms with van der Waals surface area (Å²) < 4.78 is 0. The third-order valence-electron chi connectivity index (χ3n) is 4.79. The first kappa shape index (κ1) is 23.3. The van der Waals surface area contributed by atoms with Gasteiger partial charge in [-0.3, -0.25) is 9.89 Å². The molecule has 1 saturated heterocycles. The van der Waals surface area contributed by atoms with Gasteiger partial charge in [-0.2, -0.15) is 0 Å². The van der Waals surface area contributed by atoms with E-state index in [0.29, 0.717) is 0 Å². The summed E-state index contributed by atoms with van der Waals surface area (Å²) in [5, 5.41) is 6.76. The largest absolute Gasteiger partial charge is 0.357 e. The fourth-order valence-corrected chi connectivity index (χ4v) is 3.24. The second-order valence-corrected chi connectivity index (χ2v) is 6.80. The summed E-state index contributed by atoms with van der Waals surface area (Å²) in [7, 11) is 0. The minimum absolute atomic E-state index is 0. The van der Waals surface area contributed by atoms with Gasteiger partial charge in [0.1, 0.15) is 0 Å². The summed E-state index contributed by atoms with van der Waals surface area (Å²) in [6, 6.07) is 12.4. The van der Waals surface area contributed by atoms with Gasteiger partial charge in [0.15, 0.2) is 5.96 Å². The number of nitrogens with one attached hydrogen (secondary N) is 2. The number of hydrogen-bond acceptors (Lipinski definition) is 5. The van der Waals surface area contributed by atoms with Crippen LogP contribution in [-0.4, -0.2) is 73.2 Å². The summed E-state index contributed by atoms with van der Waals surface area (Å²) >= 11 is 0. The predicted molar refractivity (Wildman–Crippen MR) is 130 cm³/mol. The molecule has 1 aromatic carbocycles. The van der Waals surface area contributed by atoms with Crippen LogP contribution in [0.15, 0.2) is 53.8 Å². The molecule has 0 aliphatic carbocycles. The molecular weight excluding hydrogens is 477 g/mol. The first-order valence-electron chi connectivity index (χ1n) is 10.2. The highest BCUT2D eigenvalue weighted by molar-refractivity contribution is 14.0. The summed E-state index contributed by atoms with van der Waals surface area (Å²) in [4.78, 5) is 18.1. The van der Waals surface area contributed by atoms with Gasteiger partial charge in [-0.05, 0) is 25.0 Å². The van der Waals surface area contributed by atoms with Crippen LogP contribution >= 0.6 is 24.0 Å². The zero-order valence-corrected chi connectivity index (χ0v) is 19.5. The van der Waals surface area contributed by atoms with Gasteiger partial charge in [-0.25, -0.2) is 9.97 Å². The molecule has 0 atom stereocenters. The molecule has 1 fully saturated rings. The highest BCUT2D eigenvalue weighted by atomic mass is 127. The Morgan fingerprint density at radius 2 is 1.72 bits per heavy atom. The van der Waals surface area contributed by atoms with E-state index in [1.165, 1.54) is 5.56 Å². The van der Waals surface area contributed by atoms with Crippen LogP contribution in [-0.2, 0) is 6.42 Å². The average Bonchev–Trinajstić information content (AvgIpc) is 2.76. The number of aliphatic imine (C=N–C) groups is 1. The fourth-order valence-electron chi connectivity index (χ4n) is 3.24. The van der Waals surface area contributed by atoms with Gasteiger partial charge in [0.2, 0.25) is 5.95 Å². The van der Waals surface area contributed by atoms with Crippen molar-refractivity contribution in [2.45, 2.75) is 13.3 Å². The molecule has 0 radical (unpaired) electrons. The molecule has 0 spiro atoms. The molecule has 0 unspecified atom stereocenters. The van der Waals surface area contributed by atoms with Gasteiger partial charge in [0.05, 0.1) is 6.54 Å². The summed E-state index contributed by atoms with van der Waals surface area (Å²) in [5.41, 5.74) is 1.34. The molecule has 2 aromatic rings. The molecule has 1 aliphatic rings. The molecule has 0 saturated carbocycles. The maximum atomic E-state index is 4.73. The Morgan fingerprint density at radius 1 is 1.00 bits per heavy atom. The Balaban J connectivity index is 0.00000300. The van der Waals surface area contributed by atoms with Crippen LogP contribution in [0, 0.1) is 0 Å². The van der Waals surface area contributed by atoms with Crippen LogP contribution in [0.1, 0.15) is 12.5 Å². The van der Waals surface area contributed by atoms with Crippen molar-refractivity contribution in [2.75, 3.05) is 57.3 Å². The first-order chi connectivity index (χ1) is 13.8. The van der Waals surface area contributed by atoms with Crippen LogP contribution in [0.25, 0.3) is 0 Å². The van der Waals surface area contributed by atoms with Crippen molar-refractivity contribution < 1.29 is 0 Å². The number of rotatable bonds is 8. The van der Waals surface area contributed by atoms with Crippen molar-refractivity contribution in [2.24, 2.45) is 4.99 Å². The summed E-state index contributed by atoms with van der Waals surface area (Å²) in [5.74, 6) is 1.73. The van der Waals surface area contributed by atoms with Crippen molar-refractivity contribution in [3.05, 3.63) is 54.4 Å². The van der Waals surface area contributed by atoms with Crippen molar-refractivity contribution in [1.29, 1.82) is 0 Å². The second kappa shape index (κ2) is 13.3. The number of nitrogens with zero attached hydrogens (tertiary/aromatic N) is 5. The van der Waals surface area contributed by atoms with E-state index in [9.17, 15) is 0 Å². The molecule has 3 rings (SSSR count). The minimum Gasteiger partial charge on any atom is -0.357 e. The first-order valence-corrected chi connectivity index (χ1v) is 10.2. The normalized spacial score (nSPS) is 14.9. The molecule has 7 nitrogen and oxygen atoms in total. The summed E-state index contributed by atoms with van der Waals surface area (Å²) in [6.07, 6.45) is 4.60. The summed E-state index contributed by atoms with van der Waals surface area (Å²) in [6.45, 7) is 9.57. The quantitative estimate of drug-likeness (QED) is 0.323. The fraction of sp³-hybridized carbons (Fsp3) is 0.476. The lowest BCUT2D eigenvalue weighted by molar-refractivity contribution is 0.263. The van der Waals surface area contributed by atoms with Crippen LogP contribution in [0.3, 0.4) is 0 Å². The van der Waals surface area contributed by atoms with E-state index >= 15 is 0 Å². The lowest BCUT2D eigenvalue weighted by Crippen LogP contribution is -2.47. The van der Waals surface area contributed by atoms with E-state index in [1.54, 1.807) is 12.4 Å². The zero-order chi connectivity index (χ0) is 19.4. The van der Waals surface area contributed by atoms with Crippen molar-refractivity contribution in [3.8, 4) is 0 Å². The monoisotopic (exact) mass is 509 g/mol. The van der Waals surface area contributed by atoms with E-state index in [2.05, 4.69) is 67.7 Å². The number of piperazine rings is 1. The Labute approximate surface area is 191 Å². The van der Waals surface area contributed by atoms with Crippen LogP contribution in [0.4, 0.5) is 5.95 Å². The van der Waals surface area contributed by atoms with E-state index in [1.807, 2.05) is 6.07 Å². The number of aromatic nitrogens is 2. The van der Waals surface area contributed by atoms with Crippen molar-refractivity contribution in [3.63, 3.8) is 0 Å². The molecule has 1 aromatic heterocycles. The SMILES string of the molecule is CCNC(=NCCN1CCN(c2ncccn2)CC1)NCCc1ccccc1.I. The smallest absolute Gasteiger partial charge is 0.225 e. The molecular formula is C21H32IN7. The molecule has 2 N–H and O–H groups in total. The van der Waals surface area contributed by atoms with Gasteiger partial charge in [0, 0.05) is 58.2 Å². The maximum absolute atomic E-state index is 4.73. The number of hydrogen-bond donors (Lipinski definition) is 2. The van der Waals surface area contributed by atoms with E-state index in [0.717, 1.165) is 70.7 Å². The third kappa shape index (κ3) is 8.14. The topological polar surface area (TPSA) is 68.7 Å². The molecule has 29 heavy (non-hydrogen) atoms. The number of halogens is 1. The van der Waals surface area contributed by atoms with Crippen LogP contribution < -0.4 is 15.5 Å². The minimum atomic E-state index is 0. The van der Waals surface area contributed by atoms with E-state index in [-0.39, 0.29) is 24.0 Å². The molecule has 0 bridgehead atoms. The Kier molecular flexibility index (Phi) is 10.7. The van der Waals surface area contributed by atoms with Gasteiger partial charge in [0.25, 0.3) is 0 Å². The second-order valence-electron chi connectivity index (χ2n) is 6.80. The van der Waals surface area contributed by atoms with Gasteiger partial charge < -0.3 is 15.5 Å².